The summed E-state index contributed by atoms with van der Waals surface area (Å²) in [5.41, 5.74) is 2.22. The van der Waals surface area contributed by atoms with Crippen LogP contribution in [0.3, 0.4) is 0 Å². The quantitative estimate of drug-likeness (QED) is 0.789. The van der Waals surface area contributed by atoms with Crippen LogP contribution in [0.15, 0.2) is 42.5 Å². The number of para-hydroxylation sites is 1. The molecule has 0 saturated heterocycles. The van der Waals surface area contributed by atoms with Crippen LogP contribution in [0.4, 0.5) is 11.4 Å². The number of benzene rings is 2. The lowest BCUT2D eigenvalue weighted by Gasteiger charge is -2.14. The zero-order valence-corrected chi connectivity index (χ0v) is 14.2. The van der Waals surface area contributed by atoms with Crippen LogP contribution in [0.1, 0.15) is 22.3 Å². The van der Waals surface area contributed by atoms with E-state index in [4.69, 9.17) is 11.6 Å². The van der Waals surface area contributed by atoms with E-state index in [0.717, 1.165) is 5.56 Å². The van der Waals surface area contributed by atoms with Gasteiger partial charge in [0.25, 0.3) is 5.91 Å². The first-order valence-corrected chi connectivity index (χ1v) is 8.08. The molecular formula is C18H16ClN3O3. The van der Waals surface area contributed by atoms with Crippen LogP contribution < -0.4 is 16.0 Å². The van der Waals surface area contributed by atoms with Crippen molar-refractivity contribution in [1.82, 2.24) is 5.32 Å². The molecule has 0 fully saturated rings. The van der Waals surface area contributed by atoms with Crippen LogP contribution in [-0.4, -0.2) is 23.8 Å². The summed E-state index contributed by atoms with van der Waals surface area (Å²) in [6.07, 6.45) is -0.183. The molecule has 1 aliphatic heterocycles. The van der Waals surface area contributed by atoms with Crippen molar-refractivity contribution in [1.29, 1.82) is 0 Å². The number of anilines is 2. The van der Waals surface area contributed by atoms with Gasteiger partial charge < -0.3 is 16.0 Å². The predicted octanol–water partition coefficient (Wildman–Crippen LogP) is 2.73. The zero-order chi connectivity index (χ0) is 18.0. The van der Waals surface area contributed by atoms with E-state index in [1.54, 1.807) is 42.5 Å². The summed E-state index contributed by atoms with van der Waals surface area (Å²) in [7, 11) is 0. The van der Waals surface area contributed by atoms with Gasteiger partial charge in [-0.05, 0) is 36.8 Å². The molecule has 3 amide bonds. The molecule has 25 heavy (non-hydrogen) atoms. The Morgan fingerprint density at radius 3 is 2.72 bits per heavy atom. The number of carbonyl (C=O) groups excluding carboxylic acids is 3. The summed E-state index contributed by atoms with van der Waals surface area (Å²) in [5, 5.41) is 8.46. The lowest BCUT2D eigenvalue weighted by Crippen LogP contribution is -2.43. The van der Waals surface area contributed by atoms with Crippen molar-refractivity contribution in [3.8, 4) is 0 Å². The fourth-order valence-electron chi connectivity index (χ4n) is 2.52. The topological polar surface area (TPSA) is 87.3 Å². The third-order valence-corrected chi connectivity index (χ3v) is 4.30. The summed E-state index contributed by atoms with van der Waals surface area (Å²) in [4.78, 5) is 36.7. The Morgan fingerprint density at radius 2 is 1.96 bits per heavy atom. The maximum atomic E-state index is 12.3. The number of amides is 3. The second kappa shape index (κ2) is 6.94. The molecule has 0 radical (unpaired) electrons. The van der Waals surface area contributed by atoms with E-state index in [2.05, 4.69) is 16.0 Å². The van der Waals surface area contributed by atoms with E-state index in [1.807, 2.05) is 6.92 Å². The van der Waals surface area contributed by atoms with Crippen molar-refractivity contribution in [3.05, 3.63) is 58.6 Å². The average molecular weight is 358 g/mol. The number of fused-ring (bicyclic) bond motifs is 1. The molecule has 3 N–H and O–H groups in total. The van der Waals surface area contributed by atoms with E-state index < -0.39 is 23.8 Å². The van der Waals surface area contributed by atoms with E-state index in [0.29, 0.717) is 22.0 Å². The minimum absolute atomic E-state index is 0.183. The number of halogens is 1. The highest BCUT2D eigenvalue weighted by atomic mass is 35.5. The summed E-state index contributed by atoms with van der Waals surface area (Å²) >= 11 is 6.03. The monoisotopic (exact) mass is 357 g/mol. The molecular weight excluding hydrogens is 342 g/mol. The smallest absolute Gasteiger partial charge is 0.254 e. The van der Waals surface area contributed by atoms with Crippen LogP contribution >= 0.6 is 11.6 Å². The average Bonchev–Trinajstić information content (AvgIpc) is 2.68. The first-order valence-electron chi connectivity index (χ1n) is 7.71. The summed E-state index contributed by atoms with van der Waals surface area (Å²) in [5.74, 6) is -1.23. The molecule has 0 aliphatic carbocycles. The van der Waals surface area contributed by atoms with Crippen LogP contribution in [0.5, 0.6) is 0 Å². The Balaban J connectivity index is 1.70. The molecule has 0 unspecified atom stereocenters. The van der Waals surface area contributed by atoms with Crippen molar-refractivity contribution < 1.29 is 14.4 Å². The van der Waals surface area contributed by atoms with Gasteiger partial charge in [-0.3, -0.25) is 14.4 Å². The van der Waals surface area contributed by atoms with Crippen LogP contribution in [0.2, 0.25) is 5.02 Å². The van der Waals surface area contributed by atoms with Gasteiger partial charge >= 0.3 is 0 Å². The van der Waals surface area contributed by atoms with Crippen molar-refractivity contribution in [2.45, 2.75) is 19.4 Å². The first-order chi connectivity index (χ1) is 11.9. The van der Waals surface area contributed by atoms with Gasteiger partial charge in [-0.2, -0.15) is 0 Å². The molecule has 0 bridgehead atoms. The molecule has 0 aromatic heterocycles. The largest absolute Gasteiger partial charge is 0.340 e. The molecule has 2 aromatic rings. The van der Waals surface area contributed by atoms with Crippen molar-refractivity contribution >= 4 is 40.7 Å². The SMILES string of the molecule is Cc1ccc(NC(=O)C[C@@H]2NC(=O)c3ccccc3NC2=O)cc1Cl. The third-order valence-electron chi connectivity index (χ3n) is 3.90. The van der Waals surface area contributed by atoms with Gasteiger partial charge in [0.1, 0.15) is 6.04 Å². The predicted molar refractivity (Wildman–Crippen MR) is 95.8 cm³/mol. The van der Waals surface area contributed by atoms with Gasteiger partial charge in [0.2, 0.25) is 11.8 Å². The fraction of sp³-hybridized carbons (Fsp3) is 0.167. The number of rotatable bonds is 3. The highest BCUT2D eigenvalue weighted by Gasteiger charge is 2.29. The maximum Gasteiger partial charge on any atom is 0.254 e. The maximum absolute atomic E-state index is 12.3. The first kappa shape index (κ1) is 17.0. The van der Waals surface area contributed by atoms with Crippen molar-refractivity contribution in [2.75, 3.05) is 10.6 Å². The molecule has 0 saturated carbocycles. The Hall–Kier alpha value is -2.86. The van der Waals surface area contributed by atoms with Gasteiger partial charge in [0.05, 0.1) is 17.7 Å². The molecule has 1 aliphatic rings. The van der Waals surface area contributed by atoms with Crippen LogP contribution in [-0.2, 0) is 9.59 Å². The van der Waals surface area contributed by atoms with Crippen LogP contribution in [0, 0.1) is 6.92 Å². The highest BCUT2D eigenvalue weighted by Crippen LogP contribution is 2.21. The third kappa shape index (κ3) is 3.80. The van der Waals surface area contributed by atoms with E-state index >= 15 is 0 Å². The molecule has 0 spiro atoms. The Morgan fingerprint density at radius 1 is 1.20 bits per heavy atom. The number of aryl methyl sites for hydroxylation is 1. The molecule has 6 nitrogen and oxygen atoms in total. The molecule has 128 valence electrons. The molecule has 7 heteroatoms. The van der Waals surface area contributed by atoms with Gasteiger partial charge in [-0.15, -0.1) is 0 Å². The Bertz CT molecular complexity index is 866. The van der Waals surface area contributed by atoms with Gasteiger partial charge in [0.15, 0.2) is 0 Å². The standard InChI is InChI=1S/C18H16ClN3O3/c1-10-6-7-11(8-13(10)19)20-16(23)9-15-18(25)21-14-5-3-2-4-12(14)17(24)22-15/h2-8,15H,9H2,1H3,(H,20,23)(H,21,25)(H,22,24)/t15-/m0/s1. The minimum Gasteiger partial charge on any atom is -0.340 e. The lowest BCUT2D eigenvalue weighted by molar-refractivity contribution is -0.122. The van der Waals surface area contributed by atoms with Crippen molar-refractivity contribution in [3.63, 3.8) is 0 Å². The number of nitrogens with one attached hydrogen (secondary N) is 3. The summed E-state index contributed by atoms with van der Waals surface area (Å²) in [6, 6.07) is 10.9. The van der Waals surface area contributed by atoms with Crippen LogP contribution in [0.25, 0.3) is 0 Å². The summed E-state index contributed by atoms with van der Waals surface area (Å²) < 4.78 is 0. The number of carbonyl (C=O) groups is 3. The van der Waals surface area contributed by atoms with E-state index in [1.165, 1.54) is 0 Å². The number of hydrogen-bond acceptors (Lipinski definition) is 3. The second-order valence-electron chi connectivity index (χ2n) is 5.78. The number of hydrogen-bond donors (Lipinski definition) is 3. The van der Waals surface area contributed by atoms with Gasteiger partial charge in [-0.25, -0.2) is 0 Å². The van der Waals surface area contributed by atoms with E-state index in [-0.39, 0.29) is 6.42 Å². The molecule has 1 atom stereocenters. The fourth-order valence-corrected chi connectivity index (χ4v) is 2.70. The second-order valence-corrected chi connectivity index (χ2v) is 6.18. The molecule has 1 heterocycles. The Kier molecular flexibility index (Phi) is 4.72. The van der Waals surface area contributed by atoms with Crippen molar-refractivity contribution in [2.24, 2.45) is 0 Å². The highest BCUT2D eigenvalue weighted by molar-refractivity contribution is 6.31. The summed E-state index contributed by atoms with van der Waals surface area (Å²) in [6.45, 7) is 1.86. The van der Waals surface area contributed by atoms with Gasteiger partial charge in [0, 0.05) is 10.7 Å². The molecule has 3 rings (SSSR count). The minimum atomic E-state index is -0.958. The molecule has 2 aromatic carbocycles. The van der Waals surface area contributed by atoms with E-state index in [9.17, 15) is 14.4 Å². The van der Waals surface area contributed by atoms with Gasteiger partial charge in [-0.1, -0.05) is 29.8 Å². The Labute approximate surface area is 149 Å². The zero-order valence-electron chi connectivity index (χ0n) is 13.4. The lowest BCUT2D eigenvalue weighted by atomic mass is 10.1. The normalized spacial score (nSPS) is 16.3.